The molecule has 1 fully saturated rings. The summed E-state index contributed by atoms with van der Waals surface area (Å²) >= 11 is 0. The number of ether oxygens (including phenoxy) is 1. The van der Waals surface area contributed by atoms with Gasteiger partial charge >= 0.3 is 6.09 Å². The fourth-order valence-corrected chi connectivity index (χ4v) is 1.40. The fraction of sp³-hybridized carbons (Fsp3) is 0.800. The largest absolute Gasteiger partial charge is 0.444 e. The van der Waals surface area contributed by atoms with E-state index in [9.17, 15) is 4.79 Å². The molecule has 0 unspecified atom stereocenters. The highest BCUT2D eigenvalue weighted by molar-refractivity contribution is 5.86. The standard InChI is InChI=1S/C10H19N3O2/c1-10(2,3)15-9(14)13-6-4-8(12-11)5-7-13/h4-7,11H2,1-3H3. The highest BCUT2D eigenvalue weighted by Crippen LogP contribution is 2.13. The predicted molar refractivity (Wildman–Crippen MR) is 58.7 cm³/mol. The van der Waals surface area contributed by atoms with Crippen molar-refractivity contribution in [3.63, 3.8) is 0 Å². The van der Waals surface area contributed by atoms with E-state index >= 15 is 0 Å². The van der Waals surface area contributed by atoms with Gasteiger partial charge in [0.1, 0.15) is 5.60 Å². The lowest BCUT2D eigenvalue weighted by Gasteiger charge is -2.30. The molecule has 5 heteroatoms. The first-order chi connectivity index (χ1) is 6.92. The minimum absolute atomic E-state index is 0.251. The zero-order valence-electron chi connectivity index (χ0n) is 9.62. The lowest BCUT2D eigenvalue weighted by molar-refractivity contribution is 0.0249. The average molecular weight is 213 g/mol. The van der Waals surface area contributed by atoms with Crippen LogP contribution in [0.5, 0.6) is 0 Å². The van der Waals surface area contributed by atoms with Gasteiger partial charge in [-0.25, -0.2) is 4.79 Å². The van der Waals surface area contributed by atoms with E-state index in [2.05, 4.69) is 5.10 Å². The van der Waals surface area contributed by atoms with Gasteiger partial charge < -0.3 is 15.5 Å². The van der Waals surface area contributed by atoms with Crippen LogP contribution in [-0.4, -0.2) is 35.4 Å². The molecule has 1 amide bonds. The Balaban J connectivity index is 2.43. The Morgan fingerprint density at radius 1 is 1.40 bits per heavy atom. The summed E-state index contributed by atoms with van der Waals surface area (Å²) in [5.74, 6) is 5.18. The number of amides is 1. The molecule has 0 aliphatic carbocycles. The van der Waals surface area contributed by atoms with Crippen molar-refractivity contribution in [1.29, 1.82) is 0 Å². The minimum atomic E-state index is -0.431. The van der Waals surface area contributed by atoms with Crippen LogP contribution < -0.4 is 5.84 Å². The second kappa shape index (κ2) is 4.51. The molecule has 0 saturated carbocycles. The van der Waals surface area contributed by atoms with E-state index in [1.54, 1.807) is 4.90 Å². The van der Waals surface area contributed by atoms with Crippen molar-refractivity contribution in [2.45, 2.75) is 39.2 Å². The quantitative estimate of drug-likeness (QED) is 0.487. The third-order valence-corrected chi connectivity index (χ3v) is 2.17. The highest BCUT2D eigenvalue weighted by atomic mass is 16.6. The van der Waals surface area contributed by atoms with Crippen molar-refractivity contribution < 1.29 is 9.53 Å². The monoisotopic (exact) mass is 213 g/mol. The van der Waals surface area contributed by atoms with Crippen molar-refractivity contribution >= 4 is 11.8 Å². The van der Waals surface area contributed by atoms with Gasteiger partial charge in [0, 0.05) is 31.6 Å². The van der Waals surface area contributed by atoms with Gasteiger partial charge in [-0.05, 0) is 20.8 Å². The normalized spacial score (nSPS) is 17.5. The second-order valence-corrected chi connectivity index (χ2v) is 4.66. The van der Waals surface area contributed by atoms with Gasteiger partial charge in [-0.2, -0.15) is 5.10 Å². The van der Waals surface area contributed by atoms with E-state index in [4.69, 9.17) is 10.6 Å². The molecule has 0 aromatic rings. The van der Waals surface area contributed by atoms with Gasteiger partial charge in [-0.3, -0.25) is 0 Å². The minimum Gasteiger partial charge on any atom is -0.444 e. The van der Waals surface area contributed by atoms with Crippen molar-refractivity contribution in [3.8, 4) is 0 Å². The molecule has 1 rings (SSSR count). The van der Waals surface area contributed by atoms with Crippen molar-refractivity contribution in [2.24, 2.45) is 10.9 Å². The Labute approximate surface area is 90.3 Å². The molecule has 1 aliphatic rings. The Morgan fingerprint density at radius 3 is 2.33 bits per heavy atom. The molecule has 86 valence electrons. The summed E-state index contributed by atoms with van der Waals surface area (Å²) in [7, 11) is 0. The number of nitrogens with zero attached hydrogens (tertiary/aromatic N) is 2. The Kier molecular flexibility index (Phi) is 3.55. The van der Waals surface area contributed by atoms with Crippen molar-refractivity contribution in [2.75, 3.05) is 13.1 Å². The van der Waals surface area contributed by atoms with Crippen molar-refractivity contribution in [3.05, 3.63) is 0 Å². The van der Waals surface area contributed by atoms with Crippen LogP contribution in [-0.2, 0) is 4.74 Å². The van der Waals surface area contributed by atoms with Crippen molar-refractivity contribution in [1.82, 2.24) is 4.90 Å². The van der Waals surface area contributed by atoms with Gasteiger partial charge in [0.15, 0.2) is 0 Å². The summed E-state index contributed by atoms with van der Waals surface area (Å²) in [4.78, 5) is 13.3. The lowest BCUT2D eigenvalue weighted by Crippen LogP contribution is -2.42. The molecule has 5 nitrogen and oxygen atoms in total. The summed E-state index contributed by atoms with van der Waals surface area (Å²) in [5.41, 5.74) is 0.536. The Morgan fingerprint density at radius 2 is 1.93 bits per heavy atom. The first-order valence-corrected chi connectivity index (χ1v) is 5.16. The lowest BCUT2D eigenvalue weighted by atomic mass is 10.1. The number of carbonyl (C=O) groups is 1. The topological polar surface area (TPSA) is 67.9 Å². The third kappa shape index (κ3) is 3.77. The smallest absolute Gasteiger partial charge is 0.410 e. The van der Waals surface area contributed by atoms with E-state index in [0.29, 0.717) is 13.1 Å². The van der Waals surface area contributed by atoms with E-state index in [1.165, 1.54) is 0 Å². The second-order valence-electron chi connectivity index (χ2n) is 4.66. The summed E-state index contributed by atoms with van der Waals surface area (Å²) in [5, 5.41) is 3.65. The van der Waals surface area contributed by atoms with Crippen LogP contribution in [0.2, 0.25) is 0 Å². The molecule has 1 saturated heterocycles. The van der Waals surface area contributed by atoms with Gasteiger partial charge in [0.25, 0.3) is 0 Å². The maximum absolute atomic E-state index is 11.6. The number of carbonyl (C=O) groups excluding carboxylic acids is 1. The first kappa shape index (κ1) is 11.8. The maximum Gasteiger partial charge on any atom is 0.410 e. The summed E-state index contributed by atoms with van der Waals surface area (Å²) in [6, 6.07) is 0. The summed E-state index contributed by atoms with van der Waals surface area (Å²) in [6.07, 6.45) is 1.24. The summed E-state index contributed by atoms with van der Waals surface area (Å²) < 4.78 is 5.26. The number of nitrogens with two attached hydrogens (primary N) is 1. The molecule has 0 aromatic carbocycles. The molecular weight excluding hydrogens is 194 g/mol. The first-order valence-electron chi connectivity index (χ1n) is 5.16. The molecule has 15 heavy (non-hydrogen) atoms. The molecule has 0 aromatic heterocycles. The molecule has 0 spiro atoms. The van der Waals surface area contributed by atoms with E-state index in [1.807, 2.05) is 20.8 Å². The van der Waals surface area contributed by atoms with Gasteiger partial charge in [-0.15, -0.1) is 0 Å². The fourth-order valence-electron chi connectivity index (χ4n) is 1.40. The third-order valence-electron chi connectivity index (χ3n) is 2.17. The summed E-state index contributed by atoms with van der Waals surface area (Å²) in [6.45, 7) is 6.88. The van der Waals surface area contributed by atoms with Gasteiger partial charge in [0.05, 0.1) is 0 Å². The molecular formula is C10H19N3O2. The van der Waals surface area contributed by atoms with Crippen LogP contribution in [0.3, 0.4) is 0 Å². The average Bonchev–Trinajstić information content (AvgIpc) is 2.15. The molecule has 2 N–H and O–H groups in total. The Bertz CT molecular complexity index is 258. The number of rotatable bonds is 0. The SMILES string of the molecule is CC(C)(C)OC(=O)N1CCC(=NN)CC1. The van der Waals surface area contributed by atoms with Crippen LogP contribution in [0.4, 0.5) is 4.79 Å². The van der Waals surface area contributed by atoms with E-state index in [0.717, 1.165) is 18.6 Å². The van der Waals surface area contributed by atoms with E-state index < -0.39 is 5.60 Å². The van der Waals surface area contributed by atoms with E-state index in [-0.39, 0.29) is 6.09 Å². The number of hydrogen-bond acceptors (Lipinski definition) is 4. The van der Waals surface area contributed by atoms with Crippen LogP contribution in [0.25, 0.3) is 0 Å². The van der Waals surface area contributed by atoms with Gasteiger partial charge in [-0.1, -0.05) is 0 Å². The van der Waals surface area contributed by atoms with Crippen LogP contribution in [0, 0.1) is 0 Å². The van der Waals surface area contributed by atoms with Crippen LogP contribution in [0.1, 0.15) is 33.6 Å². The molecule has 0 bridgehead atoms. The number of hydrazone groups is 1. The molecule has 0 radical (unpaired) electrons. The predicted octanol–water partition coefficient (Wildman–Crippen LogP) is 1.33. The molecule has 1 aliphatic heterocycles. The van der Waals surface area contributed by atoms with Crippen LogP contribution in [0.15, 0.2) is 5.10 Å². The highest BCUT2D eigenvalue weighted by Gasteiger charge is 2.24. The number of piperidine rings is 1. The maximum atomic E-state index is 11.6. The number of likely N-dealkylation sites (tertiary alicyclic amines) is 1. The van der Waals surface area contributed by atoms with Gasteiger partial charge in [0.2, 0.25) is 0 Å². The molecule has 0 atom stereocenters. The Hall–Kier alpha value is -1.26. The zero-order chi connectivity index (χ0) is 11.5. The zero-order valence-corrected chi connectivity index (χ0v) is 9.62. The number of hydrogen-bond donors (Lipinski definition) is 1. The molecule has 1 heterocycles. The van der Waals surface area contributed by atoms with Crippen LogP contribution >= 0.6 is 0 Å².